The number of imidazole rings is 1. The summed E-state index contributed by atoms with van der Waals surface area (Å²) >= 11 is 0. The van der Waals surface area contributed by atoms with Gasteiger partial charge in [0.25, 0.3) is 0 Å². The van der Waals surface area contributed by atoms with Crippen LogP contribution in [0.25, 0.3) is 0 Å². The van der Waals surface area contributed by atoms with E-state index in [-0.39, 0.29) is 18.9 Å². The number of carbonyl (C=O) groups excluding carboxylic acids is 2. The van der Waals surface area contributed by atoms with Crippen molar-refractivity contribution >= 4 is 18.0 Å². The Balaban J connectivity index is 1.96. The molecule has 156 valence electrons. The first-order valence-electron chi connectivity index (χ1n) is 9.32. The molecule has 0 spiro atoms. The Labute approximate surface area is 168 Å². The van der Waals surface area contributed by atoms with Crippen molar-refractivity contribution < 1.29 is 24.2 Å². The van der Waals surface area contributed by atoms with E-state index in [4.69, 9.17) is 4.74 Å². The molecule has 0 aliphatic heterocycles. The Hall–Kier alpha value is -3.36. The normalized spacial score (nSPS) is 12.8. The van der Waals surface area contributed by atoms with Gasteiger partial charge in [0, 0.05) is 18.3 Å². The summed E-state index contributed by atoms with van der Waals surface area (Å²) in [4.78, 5) is 43.0. The molecule has 2 amide bonds. The maximum absolute atomic E-state index is 12.7. The van der Waals surface area contributed by atoms with Crippen LogP contribution in [-0.4, -0.2) is 45.1 Å². The van der Waals surface area contributed by atoms with Gasteiger partial charge < -0.3 is 25.5 Å². The summed E-state index contributed by atoms with van der Waals surface area (Å²) in [6.45, 7) is 3.87. The highest BCUT2D eigenvalue weighted by Gasteiger charge is 2.28. The first-order chi connectivity index (χ1) is 13.8. The highest BCUT2D eigenvalue weighted by Crippen LogP contribution is 2.08. The van der Waals surface area contributed by atoms with E-state index in [1.807, 2.05) is 44.2 Å². The van der Waals surface area contributed by atoms with Gasteiger partial charge in [0.2, 0.25) is 5.91 Å². The van der Waals surface area contributed by atoms with Crippen molar-refractivity contribution in [1.82, 2.24) is 20.6 Å². The smallest absolute Gasteiger partial charge is 0.408 e. The summed E-state index contributed by atoms with van der Waals surface area (Å²) in [5.74, 6) is -1.67. The molecule has 0 saturated carbocycles. The zero-order valence-electron chi connectivity index (χ0n) is 16.4. The van der Waals surface area contributed by atoms with Crippen LogP contribution in [0, 0.1) is 5.92 Å². The largest absolute Gasteiger partial charge is 0.480 e. The summed E-state index contributed by atoms with van der Waals surface area (Å²) in [6, 6.07) is 7.09. The first-order valence-corrected chi connectivity index (χ1v) is 9.32. The minimum Gasteiger partial charge on any atom is -0.480 e. The number of benzene rings is 1. The van der Waals surface area contributed by atoms with E-state index >= 15 is 0 Å². The molecule has 1 aromatic carbocycles. The zero-order chi connectivity index (χ0) is 21.2. The fourth-order valence-electron chi connectivity index (χ4n) is 2.70. The van der Waals surface area contributed by atoms with Gasteiger partial charge in [-0.3, -0.25) is 4.79 Å². The highest BCUT2D eigenvalue weighted by atomic mass is 16.5. The quantitative estimate of drug-likeness (QED) is 0.479. The number of hydrogen-bond acceptors (Lipinski definition) is 5. The topological polar surface area (TPSA) is 133 Å². The summed E-state index contributed by atoms with van der Waals surface area (Å²) < 4.78 is 5.17. The Morgan fingerprint density at radius 3 is 2.45 bits per heavy atom. The molecular weight excluding hydrogens is 376 g/mol. The van der Waals surface area contributed by atoms with E-state index in [9.17, 15) is 19.5 Å². The summed E-state index contributed by atoms with van der Waals surface area (Å²) in [6.07, 6.45) is 2.57. The van der Waals surface area contributed by atoms with Crippen molar-refractivity contribution in [2.24, 2.45) is 5.92 Å². The first kappa shape index (κ1) is 21.9. The maximum atomic E-state index is 12.7. The number of carboxylic acid groups (broad SMARTS) is 1. The Bertz CT molecular complexity index is 792. The minimum atomic E-state index is -1.18. The number of aromatic nitrogens is 2. The van der Waals surface area contributed by atoms with Crippen LogP contribution in [0.5, 0.6) is 0 Å². The molecule has 0 aliphatic carbocycles. The molecule has 9 nitrogen and oxygen atoms in total. The number of hydrogen-bond donors (Lipinski definition) is 4. The summed E-state index contributed by atoms with van der Waals surface area (Å²) in [7, 11) is 0. The molecule has 0 saturated heterocycles. The van der Waals surface area contributed by atoms with E-state index in [0.717, 1.165) is 5.56 Å². The lowest BCUT2D eigenvalue weighted by Crippen LogP contribution is -2.52. The number of ether oxygens (including phenoxy) is 1. The number of carbonyl (C=O) groups is 3. The Morgan fingerprint density at radius 1 is 1.14 bits per heavy atom. The second-order valence-electron chi connectivity index (χ2n) is 7.07. The van der Waals surface area contributed by atoms with Gasteiger partial charge in [0.1, 0.15) is 18.7 Å². The molecule has 0 radical (unpaired) electrons. The summed E-state index contributed by atoms with van der Waals surface area (Å²) in [5, 5.41) is 14.4. The van der Waals surface area contributed by atoms with E-state index in [1.54, 1.807) is 0 Å². The molecule has 2 rings (SSSR count). The van der Waals surface area contributed by atoms with Crippen LogP contribution in [0.4, 0.5) is 4.79 Å². The fourth-order valence-corrected chi connectivity index (χ4v) is 2.70. The van der Waals surface area contributed by atoms with Gasteiger partial charge in [0.05, 0.1) is 6.33 Å². The molecule has 0 aliphatic rings. The van der Waals surface area contributed by atoms with Crippen LogP contribution in [0.1, 0.15) is 31.5 Å². The van der Waals surface area contributed by atoms with Gasteiger partial charge in [-0.2, -0.15) is 0 Å². The lowest BCUT2D eigenvalue weighted by Gasteiger charge is -2.22. The molecule has 2 aromatic rings. The van der Waals surface area contributed by atoms with Gasteiger partial charge >= 0.3 is 12.1 Å². The third-order valence-electron chi connectivity index (χ3n) is 4.12. The van der Waals surface area contributed by atoms with Crippen LogP contribution in [0.15, 0.2) is 42.9 Å². The predicted molar refractivity (Wildman–Crippen MR) is 105 cm³/mol. The zero-order valence-corrected chi connectivity index (χ0v) is 16.4. The van der Waals surface area contributed by atoms with Gasteiger partial charge in [0.15, 0.2) is 0 Å². The van der Waals surface area contributed by atoms with Crippen molar-refractivity contribution in [3.63, 3.8) is 0 Å². The fraction of sp³-hybridized carbons (Fsp3) is 0.400. The molecule has 9 heteroatoms. The Kier molecular flexibility index (Phi) is 8.20. The number of rotatable bonds is 10. The third-order valence-corrected chi connectivity index (χ3v) is 4.12. The molecule has 29 heavy (non-hydrogen) atoms. The van der Waals surface area contributed by atoms with Crippen molar-refractivity contribution in [2.75, 3.05) is 0 Å². The molecule has 0 unspecified atom stereocenters. The monoisotopic (exact) mass is 402 g/mol. The van der Waals surface area contributed by atoms with Crippen LogP contribution >= 0.6 is 0 Å². The van der Waals surface area contributed by atoms with Crippen LogP contribution in [-0.2, 0) is 27.4 Å². The third kappa shape index (κ3) is 7.65. The SMILES string of the molecule is CC(C)C[C@H](NC(=O)OCc1ccccc1)C(=O)N[C@H](Cc1cnc[nH]1)C(=O)O. The second-order valence-corrected chi connectivity index (χ2v) is 7.07. The molecule has 2 atom stereocenters. The number of nitrogens with one attached hydrogen (secondary N) is 3. The molecule has 0 bridgehead atoms. The molecule has 1 heterocycles. The second kappa shape index (κ2) is 10.8. The van der Waals surface area contributed by atoms with Crippen molar-refractivity contribution in [1.29, 1.82) is 0 Å². The van der Waals surface area contributed by atoms with Crippen LogP contribution in [0.3, 0.4) is 0 Å². The molecule has 1 aromatic heterocycles. The lowest BCUT2D eigenvalue weighted by atomic mass is 10.0. The van der Waals surface area contributed by atoms with E-state index in [1.165, 1.54) is 12.5 Å². The van der Waals surface area contributed by atoms with Gasteiger partial charge in [-0.1, -0.05) is 44.2 Å². The number of aliphatic carboxylic acids is 1. The van der Waals surface area contributed by atoms with Crippen molar-refractivity contribution in [2.45, 2.75) is 45.4 Å². The number of amides is 2. The number of aromatic amines is 1. The standard InChI is InChI=1S/C20H26N4O5/c1-13(2)8-16(24-20(28)29-11-14-6-4-3-5-7-14)18(25)23-17(19(26)27)9-15-10-21-12-22-15/h3-7,10,12-13,16-17H,8-9,11H2,1-2H3,(H,21,22)(H,23,25)(H,24,28)(H,26,27)/t16-,17+/m0/s1. The maximum Gasteiger partial charge on any atom is 0.408 e. The van der Waals surface area contributed by atoms with Crippen molar-refractivity contribution in [3.8, 4) is 0 Å². The molecular formula is C20H26N4O5. The lowest BCUT2D eigenvalue weighted by molar-refractivity contribution is -0.142. The number of alkyl carbamates (subject to hydrolysis) is 1. The van der Waals surface area contributed by atoms with Crippen LogP contribution < -0.4 is 10.6 Å². The predicted octanol–water partition coefficient (Wildman–Crippen LogP) is 1.86. The average molecular weight is 402 g/mol. The minimum absolute atomic E-state index is 0.0495. The highest BCUT2D eigenvalue weighted by molar-refractivity contribution is 5.89. The van der Waals surface area contributed by atoms with Gasteiger partial charge in [-0.25, -0.2) is 14.6 Å². The van der Waals surface area contributed by atoms with Crippen LogP contribution in [0.2, 0.25) is 0 Å². The van der Waals surface area contributed by atoms with Gasteiger partial charge in [-0.05, 0) is 17.9 Å². The number of H-pyrrole nitrogens is 1. The Morgan fingerprint density at radius 2 is 1.86 bits per heavy atom. The van der Waals surface area contributed by atoms with Gasteiger partial charge in [-0.15, -0.1) is 0 Å². The summed E-state index contributed by atoms with van der Waals surface area (Å²) in [5.41, 5.74) is 1.39. The van der Waals surface area contributed by atoms with Crippen molar-refractivity contribution in [3.05, 3.63) is 54.1 Å². The average Bonchev–Trinajstić information content (AvgIpc) is 3.19. The molecule has 4 N–H and O–H groups in total. The van der Waals surface area contributed by atoms with E-state index in [0.29, 0.717) is 12.1 Å². The van der Waals surface area contributed by atoms with E-state index < -0.39 is 30.1 Å². The molecule has 0 fully saturated rings. The van der Waals surface area contributed by atoms with E-state index in [2.05, 4.69) is 20.6 Å². The number of nitrogens with zero attached hydrogens (tertiary/aromatic N) is 1. The number of carboxylic acids is 1.